The Balaban J connectivity index is 0.994. The monoisotopic (exact) mass is 1130 g/mol. The molecule has 0 spiro atoms. The third-order valence-corrected chi connectivity index (χ3v) is 19.7. The van der Waals surface area contributed by atoms with Crippen LogP contribution in [0.5, 0.6) is 0 Å². The molecule has 86 heavy (non-hydrogen) atoms. The molecule has 0 fully saturated rings. The Hall–Kier alpha value is -10.1. The van der Waals surface area contributed by atoms with E-state index in [1.54, 1.807) is 0 Å². The second-order valence-corrected chi connectivity index (χ2v) is 24.5. The summed E-state index contributed by atoms with van der Waals surface area (Å²) in [5.74, 6) is 0. The van der Waals surface area contributed by atoms with Gasteiger partial charge in [0.2, 0.25) is 6.71 Å². The maximum absolute atomic E-state index is 2.68. The Bertz CT molecular complexity index is 4590. The van der Waals surface area contributed by atoms with Gasteiger partial charge in [-0.2, -0.15) is 0 Å². The predicted octanol–water partition coefficient (Wildman–Crippen LogP) is 17.5. The number of nitrogens with zero attached hydrogens (tertiary/aromatic N) is 4. The van der Waals surface area contributed by atoms with E-state index in [4.69, 9.17) is 0 Å². The lowest BCUT2D eigenvalue weighted by Crippen LogP contribution is -2.64. The number of hydrogen-bond acceptors (Lipinski definition) is 6. The number of benzene rings is 13. The molecular formula is C78H52B2N4S2. The summed E-state index contributed by atoms with van der Waals surface area (Å²) in [4.78, 5) is 15.2. The van der Waals surface area contributed by atoms with Crippen molar-refractivity contribution in [3.8, 4) is 22.3 Å². The van der Waals surface area contributed by atoms with E-state index in [0.29, 0.717) is 0 Å². The van der Waals surface area contributed by atoms with Crippen molar-refractivity contribution in [2.45, 2.75) is 19.6 Å². The lowest BCUT2D eigenvalue weighted by atomic mass is 9.31. The van der Waals surface area contributed by atoms with Crippen LogP contribution in [0.2, 0.25) is 0 Å². The van der Waals surface area contributed by atoms with Gasteiger partial charge in [0.1, 0.15) is 0 Å². The molecule has 402 valence electrons. The van der Waals surface area contributed by atoms with Crippen molar-refractivity contribution in [1.29, 1.82) is 0 Å². The first-order valence-corrected chi connectivity index (χ1v) is 31.1. The largest absolute Gasteiger partial charge is 0.311 e. The fraction of sp³-hybridized carbons (Fsp3) is 0. The van der Waals surface area contributed by atoms with Crippen LogP contribution in [0.3, 0.4) is 0 Å². The molecule has 0 bridgehead atoms. The summed E-state index contributed by atoms with van der Waals surface area (Å²) in [5, 5.41) is 0. The Morgan fingerprint density at radius 2 is 0.686 bits per heavy atom. The number of rotatable bonds is 10. The van der Waals surface area contributed by atoms with E-state index in [0.717, 1.165) is 79.1 Å². The molecule has 17 rings (SSSR count). The fourth-order valence-electron chi connectivity index (χ4n) is 13.9. The Kier molecular flexibility index (Phi) is 12.2. The lowest BCUT2D eigenvalue weighted by Gasteiger charge is -2.46. The van der Waals surface area contributed by atoms with Gasteiger partial charge in [0.15, 0.2) is 0 Å². The molecule has 13 aromatic rings. The highest BCUT2D eigenvalue weighted by molar-refractivity contribution is 8.01. The molecule has 4 heterocycles. The van der Waals surface area contributed by atoms with Crippen molar-refractivity contribution in [1.82, 2.24) is 0 Å². The molecule has 0 unspecified atom stereocenters. The smallest absolute Gasteiger partial charge is 0.252 e. The molecular weight excluding hydrogens is 1080 g/mol. The Morgan fingerprint density at radius 1 is 0.256 bits per heavy atom. The van der Waals surface area contributed by atoms with Gasteiger partial charge in [-0.05, 0) is 136 Å². The van der Waals surface area contributed by atoms with Gasteiger partial charge in [-0.25, -0.2) is 0 Å². The zero-order valence-electron chi connectivity index (χ0n) is 46.8. The zero-order chi connectivity index (χ0) is 56.7. The molecule has 0 radical (unpaired) electrons. The van der Waals surface area contributed by atoms with Gasteiger partial charge in [-0.3, -0.25) is 0 Å². The highest BCUT2D eigenvalue weighted by atomic mass is 32.2. The molecule has 0 saturated heterocycles. The molecule has 4 aliphatic rings. The molecule has 0 amide bonds. The third kappa shape index (κ3) is 8.27. The SMILES string of the molecule is c1ccc(-c2cccc(-c3ccccc3)c2N2c3cc4c(cc3B3c5ccccc5N(c5ccccc5)c5cc(N(c6ccccc6)c6ccccc6)cc2c53)B2c3ccccc3Sc3cc(N(c5ccccc5)c5ccccc5)cc(c32)S4)cc1. The molecule has 4 nitrogen and oxygen atoms in total. The maximum atomic E-state index is 2.68. The molecule has 0 aromatic heterocycles. The van der Waals surface area contributed by atoms with Crippen LogP contribution < -0.4 is 52.4 Å². The Labute approximate surface area is 511 Å². The average Bonchev–Trinajstić information content (AvgIpc) is 0.715. The summed E-state index contributed by atoms with van der Waals surface area (Å²) < 4.78 is 0. The third-order valence-electron chi connectivity index (χ3n) is 17.5. The summed E-state index contributed by atoms with van der Waals surface area (Å²) in [6.45, 7) is -0.146. The topological polar surface area (TPSA) is 13.0 Å². The van der Waals surface area contributed by atoms with E-state index >= 15 is 0 Å². The van der Waals surface area contributed by atoms with Crippen LogP contribution in [0.4, 0.5) is 68.2 Å². The van der Waals surface area contributed by atoms with Gasteiger partial charge >= 0.3 is 0 Å². The highest BCUT2D eigenvalue weighted by Crippen LogP contribution is 2.53. The van der Waals surface area contributed by atoms with Crippen LogP contribution in [0, 0.1) is 0 Å². The summed E-state index contributed by atoms with van der Waals surface area (Å²) in [5.41, 5.74) is 26.0. The first-order chi connectivity index (χ1) is 42.7. The first kappa shape index (κ1) is 50.4. The van der Waals surface area contributed by atoms with Crippen LogP contribution in [0.1, 0.15) is 0 Å². The van der Waals surface area contributed by atoms with Crippen LogP contribution in [-0.4, -0.2) is 13.4 Å². The normalized spacial score (nSPS) is 12.9. The van der Waals surface area contributed by atoms with Crippen molar-refractivity contribution < 1.29 is 0 Å². The number of anilines is 12. The lowest BCUT2D eigenvalue weighted by molar-refractivity contribution is 1.22. The molecule has 13 aromatic carbocycles. The van der Waals surface area contributed by atoms with Crippen molar-refractivity contribution >= 4 is 138 Å². The second-order valence-electron chi connectivity index (χ2n) is 22.3. The van der Waals surface area contributed by atoms with Gasteiger partial charge < -0.3 is 19.6 Å². The van der Waals surface area contributed by atoms with Gasteiger partial charge in [0, 0.05) is 87.6 Å². The molecule has 0 atom stereocenters. The van der Waals surface area contributed by atoms with Crippen LogP contribution in [-0.2, 0) is 0 Å². The first-order valence-electron chi connectivity index (χ1n) is 29.5. The summed E-state index contributed by atoms with van der Waals surface area (Å²) in [6, 6.07) is 117. The Morgan fingerprint density at radius 3 is 1.23 bits per heavy atom. The van der Waals surface area contributed by atoms with Crippen molar-refractivity contribution in [3.63, 3.8) is 0 Å². The average molecular weight is 1130 g/mol. The maximum Gasteiger partial charge on any atom is 0.252 e. The van der Waals surface area contributed by atoms with Crippen LogP contribution in [0.15, 0.2) is 335 Å². The van der Waals surface area contributed by atoms with Gasteiger partial charge in [-0.1, -0.05) is 247 Å². The fourth-order valence-corrected chi connectivity index (χ4v) is 16.4. The molecule has 0 N–H and O–H groups in total. The van der Waals surface area contributed by atoms with Gasteiger partial charge in [0.05, 0.1) is 11.4 Å². The van der Waals surface area contributed by atoms with Crippen molar-refractivity contribution in [3.05, 3.63) is 315 Å². The number of fused-ring (bicyclic) bond motifs is 8. The minimum Gasteiger partial charge on any atom is -0.311 e. The number of hydrogen-bond donors (Lipinski definition) is 0. The van der Waals surface area contributed by atoms with Gasteiger partial charge in [0.25, 0.3) is 6.71 Å². The van der Waals surface area contributed by atoms with Crippen LogP contribution in [0.25, 0.3) is 22.3 Å². The van der Waals surface area contributed by atoms with E-state index in [9.17, 15) is 0 Å². The highest BCUT2D eigenvalue weighted by Gasteiger charge is 2.47. The van der Waals surface area contributed by atoms with E-state index in [1.165, 1.54) is 63.7 Å². The van der Waals surface area contributed by atoms with E-state index in [1.807, 2.05) is 23.5 Å². The molecule has 8 heteroatoms. The van der Waals surface area contributed by atoms with E-state index < -0.39 is 0 Å². The zero-order valence-corrected chi connectivity index (χ0v) is 48.4. The molecule has 0 saturated carbocycles. The van der Waals surface area contributed by atoms with Gasteiger partial charge in [-0.15, -0.1) is 0 Å². The summed E-state index contributed by atoms with van der Waals surface area (Å²) in [7, 11) is 0. The molecule has 0 aliphatic carbocycles. The quantitative estimate of drug-likeness (QED) is 0.126. The summed E-state index contributed by atoms with van der Waals surface area (Å²) in [6.07, 6.45) is 0. The predicted molar refractivity (Wildman–Crippen MR) is 366 cm³/mol. The van der Waals surface area contributed by atoms with Crippen LogP contribution >= 0.6 is 23.5 Å². The second kappa shape index (κ2) is 20.9. The number of para-hydroxylation sites is 7. The molecule has 4 aliphatic heterocycles. The minimum atomic E-state index is -0.139. The minimum absolute atomic E-state index is 0.00640. The standard InChI is InChI=1S/C78H52B2N4S2/c1-8-27-53(28-9-1)62-41-26-42-63(54-29-10-2-11-30-54)78(62)84-69-52-73-67(80-65-44-23-25-46-72(65)85-74-49-61(50-75(86-73)77(74)80)82(57-35-16-5-17-36-57)58-37-18-6-19-38-58)51-66(69)79-64-43-22-24-45-68(64)83(59-39-20-7-21-40-59)70-47-60(48-71(84)76(70)79)81(55-31-12-3-13-32-55)56-33-14-4-15-34-56/h1-52H. The summed E-state index contributed by atoms with van der Waals surface area (Å²) >= 11 is 3.84. The van der Waals surface area contributed by atoms with Crippen molar-refractivity contribution in [2.75, 3.05) is 19.6 Å². The van der Waals surface area contributed by atoms with E-state index in [-0.39, 0.29) is 13.4 Å². The van der Waals surface area contributed by atoms with Crippen molar-refractivity contribution in [2.24, 2.45) is 0 Å². The van der Waals surface area contributed by atoms with E-state index in [2.05, 4.69) is 335 Å².